The third kappa shape index (κ3) is 4.17. The van der Waals surface area contributed by atoms with Crippen molar-refractivity contribution in [1.82, 2.24) is 0 Å². The fourth-order valence-corrected chi connectivity index (χ4v) is 2.09. The second-order valence-corrected chi connectivity index (χ2v) is 5.59. The molecule has 0 spiro atoms. The fraction of sp³-hybridized carbons (Fsp3) is 0.267. The van der Waals surface area contributed by atoms with E-state index in [1.165, 1.54) is 39.2 Å². The van der Waals surface area contributed by atoms with Crippen LogP contribution >= 0.6 is 0 Å². The van der Waals surface area contributed by atoms with E-state index in [1.807, 2.05) is 0 Å². The van der Waals surface area contributed by atoms with Crippen LogP contribution in [0.5, 0.6) is 0 Å². The lowest BCUT2D eigenvalue weighted by Gasteiger charge is -2.29. The number of anilines is 1. The highest BCUT2D eigenvalue weighted by Crippen LogP contribution is 2.22. The molecule has 0 bridgehead atoms. The van der Waals surface area contributed by atoms with E-state index in [1.54, 1.807) is 0 Å². The number of carbonyl (C=O) groups is 2. The van der Waals surface area contributed by atoms with Crippen LogP contribution in [0, 0.1) is 5.41 Å². The Morgan fingerprint density at radius 2 is 1.88 bits per heavy atom. The van der Waals surface area contributed by atoms with Gasteiger partial charge in [-0.15, -0.1) is 0 Å². The van der Waals surface area contributed by atoms with Crippen LogP contribution in [0.4, 0.5) is 5.69 Å². The molecular formula is C15H17BN2O7. The second kappa shape index (κ2) is 6.95. The molecule has 2 rings (SSSR count). The van der Waals surface area contributed by atoms with Gasteiger partial charge in [0, 0.05) is 36.8 Å². The molecule has 9 nitrogen and oxygen atoms in total. The Morgan fingerprint density at radius 1 is 1.28 bits per heavy atom. The Labute approximate surface area is 143 Å². The number of hydrogen-bond donors (Lipinski definition) is 4. The molecule has 0 radical (unpaired) electrons. The van der Waals surface area contributed by atoms with Gasteiger partial charge in [0.15, 0.2) is 5.57 Å². The minimum absolute atomic E-state index is 0.0716. The van der Waals surface area contributed by atoms with Gasteiger partial charge in [0.25, 0.3) is 5.79 Å². The maximum atomic E-state index is 11.9. The summed E-state index contributed by atoms with van der Waals surface area (Å²) in [7, 11) is -0.488. The average Bonchev–Trinajstić information content (AvgIpc) is 2.51. The normalized spacial score (nSPS) is 15.8. The fourth-order valence-electron chi connectivity index (χ4n) is 2.09. The summed E-state index contributed by atoms with van der Waals surface area (Å²) in [5, 5.41) is 29.1. The summed E-state index contributed by atoms with van der Waals surface area (Å²) in [5.41, 5.74) is 0.197. The smallest absolute Gasteiger partial charge is 0.481 e. The Hall–Kier alpha value is -2.85. The summed E-state index contributed by atoms with van der Waals surface area (Å²) in [4.78, 5) is 23.8. The summed E-state index contributed by atoms with van der Waals surface area (Å²) < 4.78 is 14.7. The lowest BCUT2D eigenvalue weighted by Crippen LogP contribution is -2.42. The predicted molar refractivity (Wildman–Crippen MR) is 88.1 cm³/mol. The lowest BCUT2D eigenvalue weighted by molar-refractivity contribution is -0.222. The molecule has 1 aliphatic rings. The van der Waals surface area contributed by atoms with Gasteiger partial charge in [0.05, 0.1) is 7.11 Å². The minimum Gasteiger partial charge on any atom is -0.481 e. The third-order valence-corrected chi connectivity index (χ3v) is 3.29. The Kier molecular flexibility index (Phi) is 5.14. The van der Waals surface area contributed by atoms with Crippen LogP contribution in [0.2, 0.25) is 0 Å². The van der Waals surface area contributed by atoms with Gasteiger partial charge in [-0.05, 0) is 12.1 Å². The molecule has 132 valence electrons. The molecule has 1 fully saturated rings. The number of ether oxygens (including phenoxy) is 3. The van der Waals surface area contributed by atoms with E-state index in [4.69, 9.17) is 19.6 Å². The van der Waals surface area contributed by atoms with Crippen molar-refractivity contribution < 1.29 is 33.8 Å². The van der Waals surface area contributed by atoms with Gasteiger partial charge in [-0.25, -0.2) is 9.59 Å². The van der Waals surface area contributed by atoms with Gasteiger partial charge in [0.2, 0.25) is 5.90 Å². The molecule has 10 heteroatoms. The molecule has 0 aliphatic carbocycles. The first-order chi connectivity index (χ1) is 11.6. The van der Waals surface area contributed by atoms with Crippen LogP contribution < -0.4 is 10.8 Å². The summed E-state index contributed by atoms with van der Waals surface area (Å²) in [6, 6.07) is 4.24. The van der Waals surface area contributed by atoms with Crippen molar-refractivity contribution in [3.8, 4) is 0 Å². The van der Waals surface area contributed by atoms with E-state index in [0.717, 1.165) is 6.20 Å². The molecule has 1 aromatic carbocycles. The molecule has 1 saturated heterocycles. The van der Waals surface area contributed by atoms with Crippen LogP contribution in [-0.4, -0.2) is 47.9 Å². The van der Waals surface area contributed by atoms with Crippen molar-refractivity contribution in [3.05, 3.63) is 35.5 Å². The van der Waals surface area contributed by atoms with Gasteiger partial charge in [0.1, 0.15) is 0 Å². The number of nitrogens with one attached hydrogen (secondary N) is 2. The van der Waals surface area contributed by atoms with Gasteiger partial charge < -0.3 is 29.6 Å². The number of benzene rings is 1. The van der Waals surface area contributed by atoms with E-state index < -0.39 is 24.8 Å². The number of hydrogen-bond acceptors (Lipinski definition) is 9. The molecule has 1 aliphatic heterocycles. The van der Waals surface area contributed by atoms with Crippen LogP contribution in [0.15, 0.2) is 30.0 Å². The van der Waals surface area contributed by atoms with Crippen molar-refractivity contribution in [2.45, 2.75) is 19.6 Å². The van der Waals surface area contributed by atoms with Crippen molar-refractivity contribution in [1.29, 1.82) is 5.41 Å². The molecule has 0 atom stereocenters. The Balaban J connectivity index is 2.34. The standard InChI is InChI=1S/C15H17BN2O7/c1-15(2)24-13(19)9(14(20)25-15)7-18-11-6-8(12(17)23-3)4-5-10(11)16(21)22/h4-7,17-18,21-22H,1-3H3. The summed E-state index contributed by atoms with van der Waals surface area (Å²) in [6.07, 6.45) is 1.04. The molecule has 1 heterocycles. The van der Waals surface area contributed by atoms with E-state index in [0.29, 0.717) is 5.56 Å². The van der Waals surface area contributed by atoms with Gasteiger partial charge in [-0.1, -0.05) is 6.07 Å². The quantitative estimate of drug-likeness (QED) is 0.142. The maximum Gasteiger partial charge on any atom is 0.490 e. The molecule has 0 saturated carbocycles. The SMILES string of the molecule is COC(=N)c1ccc(B(O)O)c(NC=C2C(=O)OC(C)(C)OC2=O)c1. The van der Waals surface area contributed by atoms with E-state index in [2.05, 4.69) is 5.32 Å². The number of carbonyl (C=O) groups excluding carboxylic acids is 2. The first kappa shape index (κ1) is 18.5. The first-order valence-electron chi connectivity index (χ1n) is 7.21. The molecular weight excluding hydrogens is 331 g/mol. The number of methoxy groups -OCH3 is 1. The Bertz CT molecular complexity index is 736. The van der Waals surface area contributed by atoms with Crippen LogP contribution in [0.1, 0.15) is 19.4 Å². The zero-order valence-electron chi connectivity index (χ0n) is 13.8. The average molecular weight is 348 g/mol. The monoisotopic (exact) mass is 348 g/mol. The van der Waals surface area contributed by atoms with Crippen molar-refractivity contribution in [3.63, 3.8) is 0 Å². The lowest BCUT2D eigenvalue weighted by atomic mass is 9.78. The highest BCUT2D eigenvalue weighted by atomic mass is 16.7. The van der Waals surface area contributed by atoms with Gasteiger partial charge in [-0.2, -0.15) is 0 Å². The molecule has 0 unspecified atom stereocenters. The summed E-state index contributed by atoms with van der Waals surface area (Å²) >= 11 is 0. The van der Waals surface area contributed by atoms with Crippen LogP contribution in [0.3, 0.4) is 0 Å². The topological polar surface area (TPSA) is 138 Å². The summed E-state index contributed by atoms with van der Waals surface area (Å²) in [6.45, 7) is 2.85. The van der Waals surface area contributed by atoms with Gasteiger partial charge in [-0.3, -0.25) is 5.41 Å². The molecule has 25 heavy (non-hydrogen) atoms. The molecule has 1 aromatic rings. The largest absolute Gasteiger partial charge is 0.490 e. The van der Waals surface area contributed by atoms with E-state index >= 15 is 0 Å². The minimum atomic E-state index is -1.81. The maximum absolute atomic E-state index is 11.9. The number of rotatable bonds is 4. The second-order valence-electron chi connectivity index (χ2n) is 5.59. The molecule has 0 aromatic heterocycles. The van der Waals surface area contributed by atoms with Crippen LogP contribution in [-0.2, 0) is 23.8 Å². The molecule has 0 amide bonds. The zero-order chi connectivity index (χ0) is 18.8. The van der Waals surface area contributed by atoms with E-state index in [9.17, 15) is 19.6 Å². The highest BCUT2D eigenvalue weighted by Gasteiger charge is 2.39. The number of cyclic esters (lactones) is 2. The van der Waals surface area contributed by atoms with Crippen molar-refractivity contribution in [2.24, 2.45) is 0 Å². The van der Waals surface area contributed by atoms with E-state index in [-0.39, 0.29) is 22.6 Å². The van der Waals surface area contributed by atoms with Crippen molar-refractivity contribution in [2.75, 3.05) is 12.4 Å². The van der Waals surface area contributed by atoms with Gasteiger partial charge >= 0.3 is 19.1 Å². The molecule has 4 N–H and O–H groups in total. The third-order valence-electron chi connectivity index (χ3n) is 3.29. The van der Waals surface area contributed by atoms with Crippen LogP contribution in [0.25, 0.3) is 0 Å². The Morgan fingerprint density at radius 3 is 2.40 bits per heavy atom. The predicted octanol–water partition coefficient (Wildman–Crippen LogP) is -0.530. The zero-order valence-corrected chi connectivity index (χ0v) is 13.8. The number of esters is 2. The van der Waals surface area contributed by atoms with Crippen molar-refractivity contribution >= 4 is 36.1 Å². The highest BCUT2D eigenvalue weighted by molar-refractivity contribution is 6.60. The summed E-state index contributed by atoms with van der Waals surface area (Å²) in [5.74, 6) is -3.25. The first-order valence-corrected chi connectivity index (χ1v) is 7.21.